The van der Waals surface area contributed by atoms with E-state index in [2.05, 4.69) is 4.99 Å². The quantitative estimate of drug-likeness (QED) is 0.399. The molecule has 1 aliphatic heterocycles. The zero-order valence-corrected chi connectivity index (χ0v) is 20.3. The van der Waals surface area contributed by atoms with Gasteiger partial charge in [-0.1, -0.05) is 47.2 Å². The van der Waals surface area contributed by atoms with Gasteiger partial charge in [-0.2, -0.15) is 0 Å². The summed E-state index contributed by atoms with van der Waals surface area (Å²) in [6.07, 6.45) is 1.75. The summed E-state index contributed by atoms with van der Waals surface area (Å²) in [5.74, 6) is -0.616. The fourth-order valence-electron chi connectivity index (χ4n) is 3.74. The Morgan fingerprint density at radius 2 is 1.94 bits per heavy atom. The van der Waals surface area contributed by atoms with Crippen molar-refractivity contribution in [3.05, 3.63) is 95.6 Å². The fourth-order valence-corrected chi connectivity index (χ4v) is 4.98. The first-order valence-electron chi connectivity index (χ1n) is 10.5. The van der Waals surface area contributed by atoms with Crippen LogP contribution >= 0.6 is 22.9 Å². The zero-order chi connectivity index (χ0) is 24.4. The lowest BCUT2D eigenvalue weighted by atomic mass is 9.96. The van der Waals surface area contributed by atoms with Gasteiger partial charge in [0.05, 0.1) is 28.5 Å². The highest BCUT2D eigenvalue weighted by Gasteiger charge is 2.33. The van der Waals surface area contributed by atoms with Crippen molar-refractivity contribution < 1.29 is 19.1 Å². The molecule has 1 aromatic heterocycles. The monoisotopic (exact) mass is 496 g/mol. The number of hydrogen-bond donors (Lipinski definition) is 0. The third kappa shape index (κ3) is 4.73. The van der Waals surface area contributed by atoms with Crippen LogP contribution in [0.1, 0.15) is 37.9 Å². The number of halogens is 1. The van der Waals surface area contributed by atoms with Crippen molar-refractivity contribution in [2.75, 3.05) is 6.61 Å². The van der Waals surface area contributed by atoms with E-state index in [1.165, 1.54) is 22.8 Å². The maximum absolute atomic E-state index is 13.5. The summed E-state index contributed by atoms with van der Waals surface area (Å²) in [5, 5.41) is 0.563. The normalized spacial score (nSPS) is 15.5. The third-order valence-corrected chi connectivity index (χ3v) is 6.34. The second kappa shape index (κ2) is 9.79. The Bertz CT molecular complexity index is 1480. The molecule has 4 rings (SSSR count). The molecule has 2 heterocycles. The molecule has 0 aliphatic carbocycles. The Kier molecular flexibility index (Phi) is 6.81. The molecule has 0 bridgehead atoms. The second-order valence-corrected chi connectivity index (χ2v) is 8.97. The number of thiazole rings is 1. The topological polar surface area (TPSA) is 87.0 Å². The van der Waals surface area contributed by atoms with Crippen molar-refractivity contribution in [1.82, 2.24) is 4.57 Å². The number of carbonyl (C=O) groups excluding carboxylic acids is 2. The zero-order valence-electron chi connectivity index (χ0n) is 18.7. The van der Waals surface area contributed by atoms with E-state index >= 15 is 0 Å². The van der Waals surface area contributed by atoms with Crippen LogP contribution in [-0.2, 0) is 14.3 Å². The minimum atomic E-state index is -0.747. The van der Waals surface area contributed by atoms with Gasteiger partial charge in [0.25, 0.3) is 5.56 Å². The molecule has 3 aromatic rings. The standard InChI is InChI=1S/C25H21ClN2O5S/c1-4-32-24(31)21-14(2)27-25-28(22(21)17-8-10-19(11-9-17)33-15(3)29)23(30)20(34-25)13-16-6-5-7-18(26)12-16/h5-13,22H,4H2,1-3H3/t22-/m0/s1. The van der Waals surface area contributed by atoms with Crippen LogP contribution in [0.15, 0.2) is 69.6 Å². The van der Waals surface area contributed by atoms with Crippen LogP contribution in [0.5, 0.6) is 5.75 Å². The molecule has 0 amide bonds. The minimum absolute atomic E-state index is 0.187. The highest BCUT2D eigenvalue weighted by atomic mass is 35.5. The van der Waals surface area contributed by atoms with Gasteiger partial charge in [-0.25, -0.2) is 9.79 Å². The maximum Gasteiger partial charge on any atom is 0.338 e. The van der Waals surface area contributed by atoms with Crippen molar-refractivity contribution in [2.45, 2.75) is 26.8 Å². The molecule has 0 spiro atoms. The number of ether oxygens (including phenoxy) is 2. The molecular weight excluding hydrogens is 476 g/mol. The van der Waals surface area contributed by atoms with Crippen LogP contribution in [-0.4, -0.2) is 23.1 Å². The van der Waals surface area contributed by atoms with E-state index < -0.39 is 18.0 Å². The van der Waals surface area contributed by atoms with Gasteiger partial charge in [0, 0.05) is 11.9 Å². The van der Waals surface area contributed by atoms with Gasteiger partial charge in [0.1, 0.15) is 5.75 Å². The van der Waals surface area contributed by atoms with Crippen molar-refractivity contribution in [3.63, 3.8) is 0 Å². The van der Waals surface area contributed by atoms with Crippen molar-refractivity contribution in [3.8, 4) is 5.75 Å². The Morgan fingerprint density at radius 3 is 2.59 bits per heavy atom. The van der Waals surface area contributed by atoms with E-state index in [0.29, 0.717) is 31.4 Å². The number of carbonyl (C=O) groups is 2. The summed E-state index contributed by atoms with van der Waals surface area (Å²) >= 11 is 7.33. The number of nitrogens with zero attached hydrogens (tertiary/aromatic N) is 2. The van der Waals surface area contributed by atoms with Gasteiger partial charge in [-0.3, -0.25) is 14.2 Å². The lowest BCUT2D eigenvalue weighted by molar-refractivity contribution is -0.139. The van der Waals surface area contributed by atoms with Crippen LogP contribution in [0, 0.1) is 0 Å². The average Bonchev–Trinajstić information content (AvgIpc) is 3.07. The molecule has 0 radical (unpaired) electrons. The third-order valence-electron chi connectivity index (χ3n) is 5.12. The van der Waals surface area contributed by atoms with Gasteiger partial charge >= 0.3 is 11.9 Å². The average molecular weight is 497 g/mol. The number of rotatable bonds is 5. The first kappa shape index (κ1) is 23.7. The molecule has 0 N–H and O–H groups in total. The van der Waals surface area contributed by atoms with Gasteiger partial charge in [0.15, 0.2) is 4.80 Å². The molecule has 34 heavy (non-hydrogen) atoms. The van der Waals surface area contributed by atoms with E-state index in [1.54, 1.807) is 56.3 Å². The molecule has 2 aromatic carbocycles. The van der Waals surface area contributed by atoms with Crippen LogP contribution in [0.3, 0.4) is 0 Å². The summed E-state index contributed by atoms with van der Waals surface area (Å²) in [5.41, 5.74) is 1.91. The Balaban J connectivity index is 1.91. The molecule has 1 aliphatic rings. The Labute approximate surface area is 204 Å². The molecule has 9 heteroatoms. The first-order valence-corrected chi connectivity index (χ1v) is 11.7. The highest BCUT2D eigenvalue weighted by molar-refractivity contribution is 7.07. The van der Waals surface area contributed by atoms with E-state index in [9.17, 15) is 14.4 Å². The highest BCUT2D eigenvalue weighted by Crippen LogP contribution is 2.31. The second-order valence-electron chi connectivity index (χ2n) is 7.52. The summed E-state index contributed by atoms with van der Waals surface area (Å²) < 4.78 is 12.4. The van der Waals surface area contributed by atoms with Crippen LogP contribution in [0.25, 0.3) is 6.08 Å². The van der Waals surface area contributed by atoms with E-state index in [1.807, 2.05) is 12.1 Å². The van der Waals surface area contributed by atoms with Gasteiger partial charge in [-0.15, -0.1) is 0 Å². The minimum Gasteiger partial charge on any atom is -0.463 e. The largest absolute Gasteiger partial charge is 0.463 e. The van der Waals surface area contributed by atoms with Gasteiger partial charge in [0.2, 0.25) is 0 Å². The lowest BCUT2D eigenvalue weighted by Crippen LogP contribution is -2.39. The van der Waals surface area contributed by atoms with Crippen molar-refractivity contribution >= 4 is 41.0 Å². The van der Waals surface area contributed by atoms with Crippen LogP contribution in [0.2, 0.25) is 5.02 Å². The van der Waals surface area contributed by atoms with Crippen molar-refractivity contribution in [1.29, 1.82) is 0 Å². The predicted octanol–water partition coefficient (Wildman–Crippen LogP) is 3.38. The van der Waals surface area contributed by atoms with Gasteiger partial charge in [-0.05, 0) is 55.3 Å². The van der Waals surface area contributed by atoms with Crippen molar-refractivity contribution in [2.24, 2.45) is 4.99 Å². The van der Waals surface area contributed by atoms with Crippen LogP contribution < -0.4 is 19.6 Å². The van der Waals surface area contributed by atoms with Crippen LogP contribution in [0.4, 0.5) is 0 Å². The molecule has 0 saturated carbocycles. The number of esters is 2. The maximum atomic E-state index is 13.5. The molecule has 0 fully saturated rings. The van der Waals surface area contributed by atoms with E-state index in [-0.39, 0.29) is 17.7 Å². The summed E-state index contributed by atoms with van der Waals surface area (Å²) in [6.45, 7) is 4.95. The number of hydrogen-bond acceptors (Lipinski definition) is 7. The van der Waals surface area contributed by atoms with E-state index in [0.717, 1.165) is 5.56 Å². The number of aromatic nitrogens is 1. The number of fused-ring (bicyclic) bond motifs is 1. The summed E-state index contributed by atoms with van der Waals surface area (Å²) in [6, 6.07) is 13.1. The fraction of sp³-hybridized carbons (Fsp3) is 0.200. The van der Waals surface area contributed by atoms with E-state index in [4.69, 9.17) is 21.1 Å². The Morgan fingerprint density at radius 1 is 1.21 bits per heavy atom. The molecule has 0 saturated heterocycles. The van der Waals surface area contributed by atoms with Gasteiger partial charge < -0.3 is 9.47 Å². The smallest absolute Gasteiger partial charge is 0.338 e. The number of allylic oxidation sites excluding steroid dienone is 1. The Hall–Kier alpha value is -3.49. The summed E-state index contributed by atoms with van der Waals surface area (Å²) in [4.78, 5) is 42.8. The SMILES string of the molecule is CCOC(=O)C1=C(C)N=c2sc(=Cc3cccc(Cl)c3)c(=O)n2[C@H]1c1ccc(OC(C)=O)cc1. The molecule has 7 nitrogen and oxygen atoms in total. The molecular formula is C25H21ClN2O5S. The number of benzene rings is 2. The molecule has 0 unspecified atom stereocenters. The summed E-state index contributed by atoms with van der Waals surface area (Å²) in [7, 11) is 0. The molecule has 1 atom stereocenters. The predicted molar refractivity (Wildman–Crippen MR) is 130 cm³/mol. The lowest BCUT2D eigenvalue weighted by Gasteiger charge is -2.24. The first-order chi connectivity index (χ1) is 16.3. The molecule has 174 valence electrons.